The molecule has 1 saturated carbocycles. The van der Waals surface area contributed by atoms with Gasteiger partial charge in [-0.1, -0.05) is 34.8 Å². The molecule has 1 aromatic carbocycles. The maximum atomic E-state index is 5.89. The van der Waals surface area contributed by atoms with Crippen molar-refractivity contribution >= 4 is 27.7 Å². The average molecular weight is 300 g/mol. The van der Waals surface area contributed by atoms with Gasteiger partial charge in [-0.2, -0.15) is 0 Å². The van der Waals surface area contributed by atoms with Gasteiger partial charge < -0.3 is 5.73 Å². The third-order valence-electron chi connectivity index (χ3n) is 3.07. The van der Waals surface area contributed by atoms with E-state index in [1.54, 1.807) is 0 Å². The molecule has 0 amide bonds. The Bertz CT molecular complexity index is 359. The lowest BCUT2D eigenvalue weighted by atomic mass is 10.1. The molecule has 0 spiro atoms. The smallest absolute Gasteiger partial charge is 0.0277 e. The molecule has 2 rings (SSSR count). The van der Waals surface area contributed by atoms with Crippen LogP contribution in [0.2, 0.25) is 0 Å². The second-order valence-electron chi connectivity index (χ2n) is 4.50. The highest BCUT2D eigenvalue weighted by Gasteiger charge is 2.16. The van der Waals surface area contributed by atoms with Gasteiger partial charge in [0.1, 0.15) is 0 Å². The summed E-state index contributed by atoms with van der Waals surface area (Å²) in [5, 5.41) is 0.827. The van der Waals surface area contributed by atoms with Gasteiger partial charge in [0.25, 0.3) is 0 Å². The monoisotopic (exact) mass is 299 g/mol. The molecule has 1 aromatic rings. The molecule has 0 aliphatic heterocycles. The molecular formula is C13H18BrNS. The number of halogens is 1. The van der Waals surface area contributed by atoms with Crippen LogP contribution in [-0.2, 0) is 0 Å². The van der Waals surface area contributed by atoms with Crippen LogP contribution < -0.4 is 5.73 Å². The largest absolute Gasteiger partial charge is 0.324 e. The van der Waals surface area contributed by atoms with E-state index in [4.69, 9.17) is 5.73 Å². The Morgan fingerprint density at radius 2 is 2.06 bits per heavy atom. The molecule has 1 nitrogen and oxygen atoms in total. The van der Waals surface area contributed by atoms with E-state index >= 15 is 0 Å². The summed E-state index contributed by atoms with van der Waals surface area (Å²) in [5.74, 6) is 0. The zero-order chi connectivity index (χ0) is 11.5. The molecule has 1 aliphatic rings. The van der Waals surface area contributed by atoms with E-state index in [-0.39, 0.29) is 6.04 Å². The minimum Gasteiger partial charge on any atom is -0.324 e. The average Bonchev–Trinajstić information content (AvgIpc) is 2.70. The van der Waals surface area contributed by atoms with Gasteiger partial charge in [0.05, 0.1) is 0 Å². The van der Waals surface area contributed by atoms with Crippen LogP contribution in [0.25, 0.3) is 0 Å². The summed E-state index contributed by atoms with van der Waals surface area (Å²) in [7, 11) is 0. The van der Waals surface area contributed by atoms with Gasteiger partial charge in [0.2, 0.25) is 0 Å². The third-order valence-corrected chi connectivity index (χ3v) is 5.09. The van der Waals surface area contributed by atoms with Crippen molar-refractivity contribution in [2.75, 3.05) is 0 Å². The number of hydrogen-bond acceptors (Lipinski definition) is 2. The molecule has 0 aromatic heterocycles. The summed E-state index contributed by atoms with van der Waals surface area (Å²) >= 11 is 5.62. The fraction of sp³-hybridized carbons (Fsp3) is 0.538. The molecule has 88 valence electrons. The normalized spacial score (nSPS) is 18.9. The molecule has 16 heavy (non-hydrogen) atoms. The van der Waals surface area contributed by atoms with E-state index in [9.17, 15) is 0 Å². The Hall–Kier alpha value is 0.01000. The zero-order valence-corrected chi connectivity index (χ0v) is 12.0. The predicted molar refractivity (Wildman–Crippen MR) is 74.9 cm³/mol. The Morgan fingerprint density at radius 1 is 1.38 bits per heavy atom. The van der Waals surface area contributed by atoms with E-state index in [1.165, 1.54) is 36.1 Å². The van der Waals surface area contributed by atoms with E-state index in [0.29, 0.717) is 0 Å². The van der Waals surface area contributed by atoms with E-state index in [2.05, 4.69) is 34.1 Å². The number of benzene rings is 1. The van der Waals surface area contributed by atoms with E-state index in [0.717, 1.165) is 9.72 Å². The summed E-state index contributed by atoms with van der Waals surface area (Å²) in [6, 6.07) is 6.65. The van der Waals surface area contributed by atoms with Crippen molar-refractivity contribution in [2.24, 2.45) is 5.73 Å². The maximum Gasteiger partial charge on any atom is 0.0277 e. The van der Waals surface area contributed by atoms with Crippen LogP contribution in [-0.4, -0.2) is 5.25 Å². The molecule has 1 atom stereocenters. The molecular weight excluding hydrogens is 282 g/mol. The topological polar surface area (TPSA) is 26.0 Å². The third kappa shape index (κ3) is 3.02. The van der Waals surface area contributed by atoms with Crippen LogP contribution in [0.5, 0.6) is 0 Å². The summed E-state index contributed by atoms with van der Waals surface area (Å²) in [4.78, 5) is 1.36. The van der Waals surface area contributed by atoms with Crippen molar-refractivity contribution in [3.8, 4) is 0 Å². The van der Waals surface area contributed by atoms with Crippen molar-refractivity contribution in [1.29, 1.82) is 0 Å². The highest BCUT2D eigenvalue weighted by Crippen LogP contribution is 2.36. The van der Waals surface area contributed by atoms with Crippen molar-refractivity contribution in [3.63, 3.8) is 0 Å². The highest BCUT2D eigenvalue weighted by molar-refractivity contribution is 9.10. The standard InChI is InChI=1S/C13H18BrNS/c1-9(15)12-7-6-11(8-13(12)14)16-10-4-2-3-5-10/h6-10H,2-5,15H2,1H3/t9-/m0/s1. The number of thioether (sulfide) groups is 1. The van der Waals surface area contributed by atoms with Crippen LogP contribution >= 0.6 is 27.7 Å². The van der Waals surface area contributed by atoms with Crippen LogP contribution in [0.1, 0.15) is 44.2 Å². The van der Waals surface area contributed by atoms with Gasteiger partial charge in [0.15, 0.2) is 0 Å². The van der Waals surface area contributed by atoms with Gasteiger partial charge in [0, 0.05) is 20.7 Å². The minimum atomic E-state index is 0.0971. The van der Waals surface area contributed by atoms with Crippen LogP contribution in [0, 0.1) is 0 Å². The summed E-state index contributed by atoms with van der Waals surface area (Å²) in [6.45, 7) is 2.02. The maximum absolute atomic E-state index is 5.89. The van der Waals surface area contributed by atoms with Crippen molar-refractivity contribution in [2.45, 2.75) is 48.8 Å². The van der Waals surface area contributed by atoms with Crippen LogP contribution in [0.3, 0.4) is 0 Å². The molecule has 1 fully saturated rings. The fourth-order valence-corrected chi connectivity index (χ4v) is 4.33. The Labute approximate surface area is 110 Å². The van der Waals surface area contributed by atoms with E-state index in [1.807, 2.05) is 18.7 Å². The van der Waals surface area contributed by atoms with Crippen molar-refractivity contribution in [3.05, 3.63) is 28.2 Å². The first kappa shape index (κ1) is 12.5. The Morgan fingerprint density at radius 3 is 2.62 bits per heavy atom. The molecule has 0 saturated heterocycles. The van der Waals surface area contributed by atoms with Gasteiger partial charge >= 0.3 is 0 Å². The summed E-state index contributed by atoms with van der Waals surface area (Å²) in [6.07, 6.45) is 5.54. The first-order chi connectivity index (χ1) is 7.66. The van der Waals surface area contributed by atoms with Crippen LogP contribution in [0.4, 0.5) is 0 Å². The first-order valence-electron chi connectivity index (χ1n) is 5.88. The molecule has 2 N–H and O–H groups in total. The lowest BCUT2D eigenvalue weighted by molar-refractivity contribution is 0.811. The van der Waals surface area contributed by atoms with Crippen molar-refractivity contribution < 1.29 is 0 Å². The van der Waals surface area contributed by atoms with Gasteiger partial charge in [-0.05, 0) is 37.5 Å². The Kier molecular flexibility index (Phi) is 4.34. The number of hydrogen-bond donors (Lipinski definition) is 1. The predicted octanol–water partition coefficient (Wildman–Crippen LogP) is 4.50. The van der Waals surface area contributed by atoms with Gasteiger partial charge in [-0.15, -0.1) is 11.8 Å². The zero-order valence-electron chi connectivity index (χ0n) is 9.58. The lowest BCUT2D eigenvalue weighted by Gasteiger charge is -2.12. The molecule has 3 heteroatoms. The van der Waals surface area contributed by atoms with Gasteiger partial charge in [-0.3, -0.25) is 0 Å². The molecule has 0 unspecified atom stereocenters. The summed E-state index contributed by atoms with van der Waals surface area (Å²) < 4.78 is 1.14. The second kappa shape index (κ2) is 5.56. The lowest BCUT2D eigenvalue weighted by Crippen LogP contribution is -2.05. The molecule has 0 bridgehead atoms. The number of nitrogens with two attached hydrogens (primary N) is 1. The second-order valence-corrected chi connectivity index (χ2v) is 6.72. The fourth-order valence-electron chi connectivity index (χ4n) is 2.15. The molecule has 0 radical (unpaired) electrons. The highest BCUT2D eigenvalue weighted by atomic mass is 79.9. The first-order valence-corrected chi connectivity index (χ1v) is 7.56. The SMILES string of the molecule is C[C@H](N)c1ccc(SC2CCCC2)cc1Br. The summed E-state index contributed by atoms with van der Waals surface area (Å²) in [5.41, 5.74) is 7.08. The number of rotatable bonds is 3. The minimum absolute atomic E-state index is 0.0971. The van der Waals surface area contributed by atoms with E-state index < -0.39 is 0 Å². The molecule has 0 heterocycles. The molecule has 1 aliphatic carbocycles. The van der Waals surface area contributed by atoms with Crippen LogP contribution in [0.15, 0.2) is 27.6 Å². The van der Waals surface area contributed by atoms with Crippen molar-refractivity contribution in [1.82, 2.24) is 0 Å². The van der Waals surface area contributed by atoms with Gasteiger partial charge in [-0.25, -0.2) is 0 Å². The quantitative estimate of drug-likeness (QED) is 0.889. The Balaban J connectivity index is 2.08.